The average molecular weight is 254 g/mol. The predicted molar refractivity (Wildman–Crippen MR) is 58.2 cm³/mol. The second-order valence-corrected chi connectivity index (χ2v) is 3.82. The van der Waals surface area contributed by atoms with Crippen molar-refractivity contribution in [3.05, 3.63) is 23.7 Å². The SMILES string of the molecule is C=C(Br)CNc1ncnc2nc[nH]c12. The molecule has 2 aromatic rings. The Morgan fingerprint density at radius 1 is 1.50 bits per heavy atom. The first-order chi connectivity index (χ1) is 6.77. The van der Waals surface area contributed by atoms with Crippen molar-refractivity contribution in [2.45, 2.75) is 0 Å². The number of hydrogen-bond donors (Lipinski definition) is 2. The number of rotatable bonds is 3. The van der Waals surface area contributed by atoms with Gasteiger partial charge in [-0.25, -0.2) is 15.0 Å². The first-order valence-corrected chi connectivity index (χ1v) is 4.78. The summed E-state index contributed by atoms with van der Waals surface area (Å²) in [5.74, 6) is 0.730. The molecule has 2 N–H and O–H groups in total. The molecule has 0 saturated carbocycles. The number of nitrogens with one attached hydrogen (secondary N) is 2. The molecule has 0 aliphatic rings. The Bertz CT molecular complexity index is 463. The quantitative estimate of drug-likeness (QED) is 0.874. The second kappa shape index (κ2) is 3.75. The molecule has 0 aliphatic carbocycles. The number of nitrogens with zero attached hydrogens (tertiary/aromatic N) is 3. The van der Waals surface area contributed by atoms with Crippen LogP contribution >= 0.6 is 15.9 Å². The minimum atomic E-state index is 0.616. The van der Waals surface area contributed by atoms with Crippen molar-refractivity contribution >= 4 is 32.9 Å². The van der Waals surface area contributed by atoms with Crippen molar-refractivity contribution in [3.63, 3.8) is 0 Å². The Kier molecular flexibility index (Phi) is 2.45. The standard InChI is InChI=1S/C8H8BrN5/c1-5(9)2-10-7-6-8(12-3-11-6)14-4-13-7/h3-4H,1-2H2,(H2,10,11,12,13,14). The summed E-state index contributed by atoms with van der Waals surface area (Å²) in [6.45, 7) is 4.34. The molecule has 0 fully saturated rings. The van der Waals surface area contributed by atoms with Crippen LogP contribution in [0.4, 0.5) is 5.82 Å². The smallest absolute Gasteiger partial charge is 0.182 e. The van der Waals surface area contributed by atoms with Gasteiger partial charge in [-0.2, -0.15) is 0 Å². The van der Waals surface area contributed by atoms with Crippen molar-refractivity contribution in [1.82, 2.24) is 19.9 Å². The van der Waals surface area contributed by atoms with E-state index in [2.05, 4.69) is 47.8 Å². The zero-order valence-corrected chi connectivity index (χ0v) is 8.87. The molecule has 6 heteroatoms. The van der Waals surface area contributed by atoms with Gasteiger partial charge in [-0.1, -0.05) is 22.5 Å². The van der Waals surface area contributed by atoms with Crippen LogP contribution in [0.1, 0.15) is 0 Å². The molecule has 2 aromatic heterocycles. The third-order valence-corrected chi connectivity index (χ3v) is 1.95. The van der Waals surface area contributed by atoms with Crippen molar-refractivity contribution < 1.29 is 0 Å². The fourth-order valence-electron chi connectivity index (χ4n) is 1.08. The summed E-state index contributed by atoms with van der Waals surface area (Å²) in [6, 6.07) is 0. The summed E-state index contributed by atoms with van der Waals surface area (Å²) in [5, 5.41) is 3.10. The van der Waals surface area contributed by atoms with Crippen LogP contribution in [0.15, 0.2) is 23.7 Å². The number of aromatic nitrogens is 4. The fraction of sp³-hybridized carbons (Fsp3) is 0.125. The maximum Gasteiger partial charge on any atom is 0.182 e. The van der Waals surface area contributed by atoms with Gasteiger partial charge in [0, 0.05) is 11.0 Å². The van der Waals surface area contributed by atoms with Crippen molar-refractivity contribution in [2.75, 3.05) is 11.9 Å². The van der Waals surface area contributed by atoms with Crippen LogP contribution in [-0.2, 0) is 0 Å². The van der Waals surface area contributed by atoms with E-state index < -0.39 is 0 Å². The number of imidazole rings is 1. The molecule has 2 rings (SSSR count). The Hall–Kier alpha value is -1.43. The van der Waals surface area contributed by atoms with Crippen molar-refractivity contribution in [3.8, 4) is 0 Å². The van der Waals surface area contributed by atoms with Crippen molar-refractivity contribution in [1.29, 1.82) is 0 Å². The van der Waals surface area contributed by atoms with Gasteiger partial charge in [-0.15, -0.1) is 0 Å². The molecule has 72 valence electrons. The average Bonchev–Trinajstić information content (AvgIpc) is 2.62. The minimum absolute atomic E-state index is 0.616. The fourth-order valence-corrected chi connectivity index (χ4v) is 1.22. The molecule has 0 atom stereocenters. The Balaban J connectivity index is 2.32. The van der Waals surface area contributed by atoms with Gasteiger partial charge in [0.1, 0.15) is 11.8 Å². The number of halogens is 1. The maximum absolute atomic E-state index is 4.10. The molecular weight excluding hydrogens is 246 g/mol. The Morgan fingerprint density at radius 2 is 2.36 bits per heavy atom. The highest BCUT2D eigenvalue weighted by Gasteiger charge is 2.04. The van der Waals surface area contributed by atoms with Gasteiger partial charge in [0.25, 0.3) is 0 Å². The van der Waals surface area contributed by atoms with Crippen LogP contribution in [0.2, 0.25) is 0 Å². The molecule has 2 heterocycles. The van der Waals surface area contributed by atoms with Gasteiger partial charge in [0.05, 0.1) is 6.33 Å². The van der Waals surface area contributed by atoms with Crippen LogP contribution < -0.4 is 5.32 Å². The van der Waals surface area contributed by atoms with Crippen LogP contribution in [-0.4, -0.2) is 26.5 Å². The van der Waals surface area contributed by atoms with E-state index in [0.29, 0.717) is 12.2 Å². The largest absolute Gasteiger partial charge is 0.364 e. The monoisotopic (exact) mass is 253 g/mol. The van der Waals surface area contributed by atoms with Crippen LogP contribution in [0.25, 0.3) is 11.2 Å². The van der Waals surface area contributed by atoms with Gasteiger partial charge in [0.15, 0.2) is 11.5 Å². The highest BCUT2D eigenvalue weighted by Crippen LogP contribution is 2.14. The van der Waals surface area contributed by atoms with E-state index in [9.17, 15) is 0 Å². The number of fused-ring (bicyclic) bond motifs is 1. The van der Waals surface area contributed by atoms with Crippen LogP contribution in [0.3, 0.4) is 0 Å². The van der Waals surface area contributed by atoms with Gasteiger partial charge in [-0.05, 0) is 0 Å². The lowest BCUT2D eigenvalue weighted by Crippen LogP contribution is -2.03. The molecule has 0 amide bonds. The van der Waals surface area contributed by atoms with Crippen molar-refractivity contribution in [2.24, 2.45) is 0 Å². The minimum Gasteiger partial charge on any atom is -0.364 e. The van der Waals surface area contributed by atoms with E-state index in [-0.39, 0.29) is 0 Å². The van der Waals surface area contributed by atoms with E-state index in [4.69, 9.17) is 0 Å². The molecule has 0 saturated heterocycles. The number of aromatic amines is 1. The summed E-state index contributed by atoms with van der Waals surface area (Å²) in [6.07, 6.45) is 3.07. The molecule has 5 nitrogen and oxygen atoms in total. The Labute approximate surface area is 88.8 Å². The lowest BCUT2D eigenvalue weighted by atomic mass is 10.5. The molecule has 14 heavy (non-hydrogen) atoms. The first-order valence-electron chi connectivity index (χ1n) is 3.98. The second-order valence-electron chi connectivity index (χ2n) is 2.69. The van der Waals surface area contributed by atoms with Gasteiger partial charge < -0.3 is 10.3 Å². The van der Waals surface area contributed by atoms with Crippen LogP contribution in [0, 0.1) is 0 Å². The zero-order chi connectivity index (χ0) is 9.97. The number of H-pyrrole nitrogens is 1. The molecular formula is C8H8BrN5. The molecule has 0 unspecified atom stereocenters. The summed E-state index contributed by atoms with van der Waals surface area (Å²) in [7, 11) is 0. The van der Waals surface area contributed by atoms with Crippen LogP contribution in [0.5, 0.6) is 0 Å². The first kappa shape index (κ1) is 9.14. The highest BCUT2D eigenvalue weighted by atomic mass is 79.9. The van der Waals surface area contributed by atoms with Gasteiger partial charge in [0.2, 0.25) is 0 Å². The summed E-state index contributed by atoms with van der Waals surface area (Å²) >= 11 is 3.26. The third-order valence-electron chi connectivity index (χ3n) is 1.67. The van der Waals surface area contributed by atoms with Gasteiger partial charge >= 0.3 is 0 Å². The summed E-state index contributed by atoms with van der Waals surface area (Å²) < 4.78 is 0.865. The molecule has 0 radical (unpaired) electrons. The number of anilines is 1. The highest BCUT2D eigenvalue weighted by molar-refractivity contribution is 9.11. The molecule has 0 bridgehead atoms. The summed E-state index contributed by atoms with van der Waals surface area (Å²) in [5.41, 5.74) is 1.46. The summed E-state index contributed by atoms with van der Waals surface area (Å²) in [4.78, 5) is 15.1. The van der Waals surface area contributed by atoms with E-state index in [1.165, 1.54) is 6.33 Å². The zero-order valence-electron chi connectivity index (χ0n) is 7.29. The number of hydrogen-bond acceptors (Lipinski definition) is 4. The molecule has 0 aromatic carbocycles. The topological polar surface area (TPSA) is 66.5 Å². The Morgan fingerprint density at radius 3 is 3.14 bits per heavy atom. The van der Waals surface area contributed by atoms with E-state index in [1.54, 1.807) is 6.33 Å². The normalized spacial score (nSPS) is 10.4. The van der Waals surface area contributed by atoms with E-state index >= 15 is 0 Å². The predicted octanol–water partition coefficient (Wildman–Crippen LogP) is 1.67. The maximum atomic E-state index is 4.10. The van der Waals surface area contributed by atoms with E-state index in [0.717, 1.165) is 15.8 Å². The molecule has 0 spiro atoms. The lowest BCUT2D eigenvalue weighted by molar-refractivity contribution is 1.17. The molecule has 0 aliphatic heterocycles. The lowest BCUT2D eigenvalue weighted by Gasteiger charge is -2.03. The van der Waals surface area contributed by atoms with E-state index in [1.807, 2.05) is 0 Å². The van der Waals surface area contributed by atoms with Gasteiger partial charge in [-0.3, -0.25) is 0 Å². The third kappa shape index (κ3) is 1.74.